The molecule has 120 valence electrons. The topological polar surface area (TPSA) is 68.0 Å². The van der Waals surface area contributed by atoms with E-state index in [9.17, 15) is 4.79 Å². The van der Waals surface area contributed by atoms with Gasteiger partial charge in [-0.2, -0.15) is 0 Å². The second-order valence-corrected chi connectivity index (χ2v) is 7.90. The molecule has 1 aliphatic rings. The van der Waals surface area contributed by atoms with Gasteiger partial charge >= 0.3 is 0 Å². The van der Waals surface area contributed by atoms with Crippen LogP contribution in [0.25, 0.3) is 10.2 Å². The van der Waals surface area contributed by atoms with E-state index in [1.54, 1.807) is 11.3 Å². The fourth-order valence-electron chi connectivity index (χ4n) is 2.14. The van der Waals surface area contributed by atoms with Crippen LogP contribution in [0.5, 0.6) is 0 Å². The summed E-state index contributed by atoms with van der Waals surface area (Å²) in [5, 5.41) is 4.13. The third-order valence-corrected chi connectivity index (χ3v) is 5.00. The lowest BCUT2D eigenvalue weighted by atomic mass is 9.87. The zero-order valence-corrected chi connectivity index (χ0v) is 14.7. The van der Waals surface area contributed by atoms with Crippen molar-refractivity contribution in [2.45, 2.75) is 45.6 Å². The normalized spacial score (nSPS) is 16.2. The van der Waals surface area contributed by atoms with Crippen molar-refractivity contribution in [3.05, 3.63) is 23.2 Å². The number of nitrogens with two attached hydrogens (primary N) is 1. The Labute approximate surface area is 140 Å². The number of anilines is 1. The fraction of sp³-hybridized carbons (Fsp3) is 0.500. The summed E-state index contributed by atoms with van der Waals surface area (Å²) in [4.78, 5) is 16.8. The Balaban J connectivity index is 0.00000176. The standard InChI is InChI=1S/C16H21N3OS.ClH/c1-16(2,3)13(17)14(20)18-10-6-7-11-12(8-10)21-15(19-11)9-4-5-9;/h6-9,13H,4-5,17H2,1-3H3,(H,18,20);1H/t13-;/m1./s1. The highest BCUT2D eigenvalue weighted by Gasteiger charge is 2.28. The number of benzene rings is 1. The molecule has 1 atom stereocenters. The van der Waals surface area contributed by atoms with Crippen LogP contribution in [0.2, 0.25) is 0 Å². The van der Waals surface area contributed by atoms with Crippen LogP contribution < -0.4 is 11.1 Å². The highest BCUT2D eigenvalue weighted by Crippen LogP contribution is 2.43. The number of nitrogens with one attached hydrogen (secondary N) is 1. The molecule has 4 nitrogen and oxygen atoms in total. The van der Waals surface area contributed by atoms with Gasteiger partial charge in [0.1, 0.15) is 0 Å². The molecule has 3 N–H and O–H groups in total. The number of aromatic nitrogens is 1. The number of hydrogen-bond acceptors (Lipinski definition) is 4. The van der Waals surface area contributed by atoms with Gasteiger partial charge in [-0.05, 0) is 36.5 Å². The summed E-state index contributed by atoms with van der Waals surface area (Å²) >= 11 is 1.73. The number of halogens is 1. The highest BCUT2D eigenvalue weighted by molar-refractivity contribution is 7.18. The molecule has 0 bridgehead atoms. The van der Waals surface area contributed by atoms with Crippen LogP contribution in [0.3, 0.4) is 0 Å². The van der Waals surface area contributed by atoms with E-state index in [1.807, 2.05) is 39.0 Å². The third-order valence-electron chi connectivity index (χ3n) is 3.81. The molecule has 1 fully saturated rings. The van der Waals surface area contributed by atoms with E-state index in [1.165, 1.54) is 17.8 Å². The number of carbonyl (C=O) groups excluding carboxylic acids is 1. The van der Waals surface area contributed by atoms with E-state index < -0.39 is 6.04 Å². The predicted molar refractivity (Wildman–Crippen MR) is 94.9 cm³/mol. The Bertz CT molecular complexity index is 688. The molecule has 0 spiro atoms. The number of thiazole rings is 1. The van der Waals surface area contributed by atoms with Crippen molar-refractivity contribution >= 4 is 45.6 Å². The van der Waals surface area contributed by atoms with Gasteiger partial charge in [0, 0.05) is 11.6 Å². The first kappa shape index (κ1) is 17.2. The predicted octanol–water partition coefficient (Wildman–Crippen LogP) is 3.91. The van der Waals surface area contributed by atoms with Gasteiger partial charge < -0.3 is 11.1 Å². The summed E-state index contributed by atoms with van der Waals surface area (Å²) < 4.78 is 1.12. The molecule has 1 heterocycles. The van der Waals surface area contributed by atoms with E-state index in [-0.39, 0.29) is 23.7 Å². The van der Waals surface area contributed by atoms with Gasteiger partial charge in [0.15, 0.2) is 0 Å². The monoisotopic (exact) mass is 339 g/mol. The minimum atomic E-state index is -0.531. The highest BCUT2D eigenvalue weighted by atomic mass is 35.5. The number of carbonyl (C=O) groups is 1. The zero-order valence-electron chi connectivity index (χ0n) is 13.1. The number of fused-ring (bicyclic) bond motifs is 1. The minimum Gasteiger partial charge on any atom is -0.325 e. The van der Waals surface area contributed by atoms with Crippen LogP contribution in [0.1, 0.15) is 44.5 Å². The Morgan fingerprint density at radius 1 is 1.41 bits per heavy atom. The average Bonchev–Trinajstić information content (AvgIpc) is 3.17. The van der Waals surface area contributed by atoms with Gasteiger partial charge in [-0.1, -0.05) is 20.8 Å². The second kappa shape index (κ2) is 6.14. The third kappa shape index (κ3) is 3.59. The summed E-state index contributed by atoms with van der Waals surface area (Å²) in [6, 6.07) is 5.32. The first-order chi connectivity index (χ1) is 9.84. The molecule has 3 rings (SSSR count). The summed E-state index contributed by atoms with van der Waals surface area (Å²) in [5.74, 6) is 0.517. The van der Waals surface area contributed by atoms with Crippen LogP contribution in [0, 0.1) is 5.41 Å². The van der Waals surface area contributed by atoms with Crippen molar-refractivity contribution in [3.8, 4) is 0 Å². The summed E-state index contributed by atoms with van der Waals surface area (Å²) in [6.07, 6.45) is 2.51. The number of nitrogens with zero attached hydrogens (tertiary/aromatic N) is 1. The maximum Gasteiger partial charge on any atom is 0.241 e. The van der Waals surface area contributed by atoms with Gasteiger partial charge in [0.05, 0.1) is 21.3 Å². The van der Waals surface area contributed by atoms with Crippen molar-refractivity contribution in [1.82, 2.24) is 4.98 Å². The molecule has 22 heavy (non-hydrogen) atoms. The lowest BCUT2D eigenvalue weighted by molar-refractivity contribution is -0.119. The Morgan fingerprint density at radius 3 is 2.68 bits per heavy atom. The molecule has 1 amide bonds. The van der Waals surface area contributed by atoms with Gasteiger partial charge in [0.25, 0.3) is 0 Å². The first-order valence-electron chi connectivity index (χ1n) is 7.31. The molecule has 6 heteroatoms. The number of hydrogen-bond donors (Lipinski definition) is 2. The van der Waals surface area contributed by atoms with E-state index in [4.69, 9.17) is 5.73 Å². The zero-order chi connectivity index (χ0) is 15.2. The van der Waals surface area contributed by atoms with Gasteiger partial charge in [-0.25, -0.2) is 4.98 Å². The lowest BCUT2D eigenvalue weighted by Gasteiger charge is -2.25. The molecule has 0 radical (unpaired) electrons. The summed E-state index contributed by atoms with van der Waals surface area (Å²) in [7, 11) is 0. The molecule has 1 saturated carbocycles. The molecule has 0 aliphatic heterocycles. The van der Waals surface area contributed by atoms with Crippen molar-refractivity contribution in [2.75, 3.05) is 5.32 Å². The molecule has 0 unspecified atom stereocenters. The van der Waals surface area contributed by atoms with Crippen molar-refractivity contribution in [2.24, 2.45) is 11.1 Å². The lowest BCUT2D eigenvalue weighted by Crippen LogP contribution is -2.45. The van der Waals surface area contributed by atoms with E-state index in [0.29, 0.717) is 5.92 Å². The molecule has 2 aromatic rings. The van der Waals surface area contributed by atoms with Crippen LogP contribution in [0.15, 0.2) is 18.2 Å². The Morgan fingerprint density at radius 2 is 2.09 bits per heavy atom. The van der Waals surface area contributed by atoms with E-state index >= 15 is 0 Å². The van der Waals surface area contributed by atoms with Crippen molar-refractivity contribution in [1.29, 1.82) is 0 Å². The maximum absolute atomic E-state index is 12.2. The second-order valence-electron chi connectivity index (χ2n) is 6.84. The number of amides is 1. The van der Waals surface area contributed by atoms with E-state index in [0.717, 1.165) is 15.9 Å². The number of rotatable bonds is 3. The molecule has 1 aromatic heterocycles. The Hall–Kier alpha value is -1.17. The molecular formula is C16H22ClN3OS. The van der Waals surface area contributed by atoms with Gasteiger partial charge in [-0.3, -0.25) is 4.79 Å². The molecule has 0 saturated heterocycles. The van der Waals surface area contributed by atoms with Gasteiger partial charge in [0.2, 0.25) is 5.91 Å². The first-order valence-corrected chi connectivity index (χ1v) is 8.13. The van der Waals surface area contributed by atoms with Crippen LogP contribution >= 0.6 is 23.7 Å². The fourth-order valence-corrected chi connectivity index (χ4v) is 3.31. The summed E-state index contributed by atoms with van der Waals surface area (Å²) in [5.41, 5.74) is 7.54. The van der Waals surface area contributed by atoms with Crippen LogP contribution in [-0.4, -0.2) is 16.9 Å². The van der Waals surface area contributed by atoms with Gasteiger partial charge in [-0.15, -0.1) is 23.7 Å². The van der Waals surface area contributed by atoms with Crippen LogP contribution in [-0.2, 0) is 4.79 Å². The van der Waals surface area contributed by atoms with Crippen molar-refractivity contribution < 1.29 is 4.79 Å². The smallest absolute Gasteiger partial charge is 0.241 e. The summed E-state index contributed by atoms with van der Waals surface area (Å²) in [6.45, 7) is 5.89. The van der Waals surface area contributed by atoms with Crippen molar-refractivity contribution in [3.63, 3.8) is 0 Å². The molecular weight excluding hydrogens is 318 g/mol. The Kier molecular flexibility index (Phi) is 4.80. The molecule has 1 aliphatic carbocycles. The average molecular weight is 340 g/mol. The van der Waals surface area contributed by atoms with Crippen LogP contribution in [0.4, 0.5) is 5.69 Å². The van der Waals surface area contributed by atoms with E-state index in [2.05, 4.69) is 10.3 Å². The maximum atomic E-state index is 12.2. The molecule has 1 aromatic carbocycles. The largest absolute Gasteiger partial charge is 0.325 e. The SMILES string of the molecule is CC(C)(C)[C@H](N)C(=O)Nc1ccc2nc(C3CC3)sc2c1.Cl. The minimum absolute atomic E-state index is 0. The quantitative estimate of drug-likeness (QED) is 0.890.